The lowest BCUT2D eigenvalue weighted by atomic mass is 10.1. The Bertz CT molecular complexity index is 1230. The van der Waals surface area contributed by atoms with Crippen LogP contribution in [0.15, 0.2) is 65.6 Å². The maximum absolute atomic E-state index is 13.5. The fourth-order valence-electron chi connectivity index (χ4n) is 3.93. The summed E-state index contributed by atoms with van der Waals surface area (Å²) in [5.41, 5.74) is 2.12. The van der Waals surface area contributed by atoms with E-state index in [9.17, 15) is 9.59 Å². The average molecular weight is 513 g/mol. The highest BCUT2D eigenvalue weighted by atomic mass is 35.5. The van der Waals surface area contributed by atoms with Gasteiger partial charge in [0.2, 0.25) is 17.6 Å². The molecule has 1 N–H and O–H groups in total. The summed E-state index contributed by atoms with van der Waals surface area (Å²) in [4.78, 5) is 28.7. The number of carbonyl (C=O) groups excluding carboxylic acids is 2. The smallest absolute Gasteiger partial charge is 0.244 e. The number of rotatable bonds is 7. The molecule has 0 saturated heterocycles. The molecular weight excluding hydrogens is 488 g/mol. The molecule has 3 aromatic carbocycles. The van der Waals surface area contributed by atoms with Gasteiger partial charge in [-0.05, 0) is 48.0 Å². The zero-order valence-electron chi connectivity index (χ0n) is 19.5. The molecule has 0 aromatic heterocycles. The van der Waals surface area contributed by atoms with Gasteiger partial charge in [-0.15, -0.1) is 11.8 Å². The molecule has 0 spiro atoms. The van der Waals surface area contributed by atoms with E-state index in [2.05, 4.69) is 5.32 Å². The van der Waals surface area contributed by atoms with Crippen molar-refractivity contribution in [2.75, 3.05) is 38.1 Å². The third kappa shape index (κ3) is 5.49. The molecule has 1 heterocycles. The first-order chi connectivity index (χ1) is 16.9. The molecule has 0 saturated carbocycles. The summed E-state index contributed by atoms with van der Waals surface area (Å²) in [5.74, 6) is 1.05. The predicted molar refractivity (Wildman–Crippen MR) is 138 cm³/mol. The van der Waals surface area contributed by atoms with Gasteiger partial charge in [0.25, 0.3) is 0 Å². The molecular formula is C26H25ClN2O5S. The van der Waals surface area contributed by atoms with Crippen molar-refractivity contribution in [3.8, 4) is 17.2 Å². The number of nitrogens with one attached hydrogen (secondary N) is 1. The molecule has 2 amide bonds. The maximum Gasteiger partial charge on any atom is 0.244 e. The number of ether oxygens (including phenoxy) is 3. The Morgan fingerprint density at radius 2 is 1.74 bits per heavy atom. The monoisotopic (exact) mass is 512 g/mol. The number of carbonyl (C=O) groups is 2. The van der Waals surface area contributed by atoms with Crippen molar-refractivity contribution < 1.29 is 23.8 Å². The van der Waals surface area contributed by atoms with Crippen LogP contribution < -0.4 is 24.4 Å². The summed E-state index contributed by atoms with van der Waals surface area (Å²) in [6, 6.07) is 18.2. The minimum absolute atomic E-state index is 0.120. The van der Waals surface area contributed by atoms with E-state index in [0.29, 0.717) is 33.6 Å². The van der Waals surface area contributed by atoms with E-state index in [1.807, 2.05) is 36.4 Å². The van der Waals surface area contributed by atoms with Crippen LogP contribution in [0.3, 0.4) is 0 Å². The van der Waals surface area contributed by atoms with Crippen LogP contribution in [-0.4, -0.2) is 39.7 Å². The van der Waals surface area contributed by atoms with Crippen molar-refractivity contribution in [2.24, 2.45) is 0 Å². The average Bonchev–Trinajstić information content (AvgIpc) is 2.99. The molecule has 0 unspecified atom stereocenters. The molecule has 1 aliphatic heterocycles. The van der Waals surface area contributed by atoms with Gasteiger partial charge in [-0.1, -0.05) is 29.8 Å². The van der Waals surface area contributed by atoms with Gasteiger partial charge < -0.3 is 24.4 Å². The van der Waals surface area contributed by atoms with Crippen LogP contribution >= 0.6 is 23.4 Å². The zero-order valence-corrected chi connectivity index (χ0v) is 21.1. The highest BCUT2D eigenvalue weighted by Gasteiger charge is 2.31. The summed E-state index contributed by atoms with van der Waals surface area (Å²) in [5, 5.41) is 3.11. The number of nitrogens with zero attached hydrogens (tertiary/aromatic N) is 1. The van der Waals surface area contributed by atoms with Gasteiger partial charge in [0.05, 0.1) is 27.0 Å². The minimum atomic E-state index is -0.313. The third-order valence-electron chi connectivity index (χ3n) is 5.56. The lowest BCUT2D eigenvalue weighted by Crippen LogP contribution is -2.38. The Kier molecular flexibility index (Phi) is 7.73. The standard InChI is InChI=1S/C26H25ClN2O5S/c1-32-20-11-16(12-21(33-2)26(20)34-3)23-14-25(31)29(19-9-4-5-10-22(19)35-23)15-24(30)28-18-8-6-7-17(27)13-18/h4-13,23H,14-15H2,1-3H3,(H,28,30)/t23-/m1/s1. The Labute approximate surface area is 213 Å². The molecule has 9 heteroatoms. The van der Waals surface area contributed by atoms with Crippen molar-refractivity contribution in [3.05, 3.63) is 71.2 Å². The van der Waals surface area contributed by atoms with E-state index >= 15 is 0 Å². The fourth-order valence-corrected chi connectivity index (χ4v) is 5.39. The van der Waals surface area contributed by atoms with Crippen LogP contribution in [0.5, 0.6) is 17.2 Å². The van der Waals surface area contributed by atoms with Crippen molar-refractivity contribution in [1.29, 1.82) is 0 Å². The highest BCUT2D eigenvalue weighted by Crippen LogP contribution is 2.49. The van der Waals surface area contributed by atoms with Gasteiger partial charge in [0.15, 0.2) is 11.5 Å². The molecule has 4 rings (SSSR count). The van der Waals surface area contributed by atoms with Crippen molar-refractivity contribution in [3.63, 3.8) is 0 Å². The summed E-state index contributed by atoms with van der Waals surface area (Å²) in [6.07, 6.45) is 0.183. The number of fused-ring (bicyclic) bond motifs is 1. The largest absolute Gasteiger partial charge is 0.493 e. The summed E-state index contributed by atoms with van der Waals surface area (Å²) >= 11 is 7.58. The molecule has 3 aromatic rings. The van der Waals surface area contributed by atoms with Crippen molar-refractivity contribution in [2.45, 2.75) is 16.6 Å². The molecule has 0 aliphatic carbocycles. The predicted octanol–water partition coefficient (Wildman–Crippen LogP) is 5.57. The number of para-hydroxylation sites is 1. The summed E-state index contributed by atoms with van der Waals surface area (Å²) < 4.78 is 16.4. The van der Waals surface area contributed by atoms with E-state index in [1.165, 1.54) is 4.90 Å². The van der Waals surface area contributed by atoms with Crippen LogP contribution in [0.2, 0.25) is 5.02 Å². The minimum Gasteiger partial charge on any atom is -0.493 e. The lowest BCUT2D eigenvalue weighted by molar-refractivity contribution is -0.121. The normalized spacial score (nSPS) is 15.1. The fraction of sp³-hybridized carbons (Fsp3) is 0.231. The van der Waals surface area contributed by atoms with E-state index in [4.69, 9.17) is 25.8 Å². The van der Waals surface area contributed by atoms with E-state index in [1.54, 1.807) is 57.4 Å². The molecule has 0 radical (unpaired) electrons. The first kappa shape index (κ1) is 24.8. The van der Waals surface area contributed by atoms with Gasteiger partial charge in [-0.25, -0.2) is 0 Å². The van der Waals surface area contributed by atoms with Gasteiger partial charge in [0.1, 0.15) is 6.54 Å². The summed E-state index contributed by atoms with van der Waals surface area (Å²) in [6.45, 7) is -0.120. The zero-order chi connectivity index (χ0) is 24.9. The molecule has 1 aliphatic rings. The lowest BCUT2D eigenvalue weighted by Gasteiger charge is -2.22. The van der Waals surface area contributed by atoms with Crippen LogP contribution in [0.4, 0.5) is 11.4 Å². The van der Waals surface area contributed by atoms with Crippen LogP contribution in [0, 0.1) is 0 Å². The number of benzene rings is 3. The number of halogens is 1. The molecule has 35 heavy (non-hydrogen) atoms. The molecule has 0 bridgehead atoms. The Hall–Kier alpha value is -3.36. The van der Waals surface area contributed by atoms with Crippen molar-refractivity contribution >= 4 is 46.6 Å². The molecule has 7 nitrogen and oxygen atoms in total. The Balaban J connectivity index is 1.63. The molecule has 182 valence electrons. The second-order valence-corrected chi connectivity index (χ2v) is 9.46. The number of methoxy groups -OCH3 is 3. The number of amides is 2. The Morgan fingerprint density at radius 3 is 2.40 bits per heavy atom. The quantitative estimate of drug-likeness (QED) is 0.445. The molecule has 1 atom stereocenters. The highest BCUT2D eigenvalue weighted by molar-refractivity contribution is 7.99. The number of anilines is 2. The van der Waals surface area contributed by atoms with Gasteiger partial charge in [-0.2, -0.15) is 0 Å². The SMILES string of the molecule is COc1cc([C@H]2CC(=O)N(CC(=O)Nc3cccc(Cl)c3)c3ccccc3S2)cc(OC)c1OC. The summed E-state index contributed by atoms with van der Waals surface area (Å²) in [7, 11) is 4.66. The van der Waals surface area contributed by atoms with Crippen LogP contribution in [0.25, 0.3) is 0 Å². The molecule has 0 fully saturated rings. The van der Waals surface area contributed by atoms with Crippen LogP contribution in [0.1, 0.15) is 17.2 Å². The first-order valence-electron chi connectivity index (χ1n) is 10.8. The maximum atomic E-state index is 13.5. The van der Waals surface area contributed by atoms with Gasteiger partial charge in [0, 0.05) is 27.3 Å². The second kappa shape index (κ2) is 10.9. The topological polar surface area (TPSA) is 77.1 Å². The number of hydrogen-bond acceptors (Lipinski definition) is 6. The number of thioether (sulfide) groups is 1. The number of hydrogen-bond donors (Lipinski definition) is 1. The van der Waals surface area contributed by atoms with Gasteiger partial charge in [-0.3, -0.25) is 9.59 Å². The first-order valence-corrected chi connectivity index (χ1v) is 12.1. The van der Waals surface area contributed by atoms with Gasteiger partial charge >= 0.3 is 0 Å². The van der Waals surface area contributed by atoms with Crippen molar-refractivity contribution in [1.82, 2.24) is 0 Å². The van der Waals surface area contributed by atoms with E-state index < -0.39 is 0 Å². The third-order valence-corrected chi connectivity index (χ3v) is 7.11. The van der Waals surface area contributed by atoms with E-state index in [0.717, 1.165) is 10.5 Å². The Morgan fingerprint density at radius 1 is 1.03 bits per heavy atom. The van der Waals surface area contributed by atoms with E-state index in [-0.39, 0.29) is 30.0 Å². The second-order valence-electron chi connectivity index (χ2n) is 7.78. The van der Waals surface area contributed by atoms with Crippen LogP contribution in [-0.2, 0) is 9.59 Å².